The zero-order valence-electron chi connectivity index (χ0n) is 12.0. The molecule has 1 heterocycles. The van der Waals surface area contributed by atoms with Crippen molar-refractivity contribution in [3.05, 3.63) is 57.6 Å². The molecule has 0 spiro atoms. The average Bonchev–Trinajstić information content (AvgIpc) is 2.50. The summed E-state index contributed by atoms with van der Waals surface area (Å²) in [5.41, 5.74) is 5.42. The largest absolute Gasteiger partial charge is 0.417 e. The maximum absolute atomic E-state index is 12.2. The summed E-state index contributed by atoms with van der Waals surface area (Å²) in [6, 6.07) is 6.63. The second kappa shape index (κ2) is 6.50. The number of primary amides is 1. The Morgan fingerprint density at radius 2 is 2.00 bits per heavy atom. The number of amides is 2. The number of nitrogens with two attached hydrogens (primary N) is 1. The fourth-order valence-corrected chi connectivity index (χ4v) is 1.78. The van der Waals surface area contributed by atoms with E-state index in [2.05, 4.69) is 10.3 Å². The van der Waals surface area contributed by atoms with Crippen LogP contribution in [0.2, 0.25) is 0 Å². The van der Waals surface area contributed by atoms with Gasteiger partial charge in [0.2, 0.25) is 12.0 Å². The van der Waals surface area contributed by atoms with Gasteiger partial charge in [0.25, 0.3) is 5.91 Å². The molecule has 0 aliphatic heterocycles. The number of aryl methyl sites for hydroxylation is 1. The molecule has 0 saturated carbocycles. The summed E-state index contributed by atoms with van der Waals surface area (Å²) in [7, 11) is 0. The lowest BCUT2D eigenvalue weighted by Gasteiger charge is -2.08. The van der Waals surface area contributed by atoms with E-state index in [1.165, 1.54) is 12.1 Å². The highest BCUT2D eigenvalue weighted by molar-refractivity contribution is 6.04. The van der Waals surface area contributed by atoms with E-state index in [4.69, 9.17) is 10.2 Å². The summed E-state index contributed by atoms with van der Waals surface area (Å²) in [6.45, 7) is 1.72. The van der Waals surface area contributed by atoms with Crippen LogP contribution in [0.4, 0.5) is 11.4 Å². The van der Waals surface area contributed by atoms with Gasteiger partial charge in [0.15, 0.2) is 5.76 Å². The van der Waals surface area contributed by atoms with Crippen molar-refractivity contribution in [1.29, 1.82) is 0 Å². The second-order valence-corrected chi connectivity index (χ2v) is 4.55. The van der Waals surface area contributed by atoms with E-state index in [0.29, 0.717) is 16.9 Å². The molecular weight excluding hydrogens is 302 g/mol. The predicted octanol–water partition coefficient (Wildman–Crippen LogP) is 1.27. The summed E-state index contributed by atoms with van der Waals surface area (Å²) < 4.78 is 4.76. The van der Waals surface area contributed by atoms with Crippen LogP contribution < -0.4 is 16.7 Å². The van der Waals surface area contributed by atoms with Crippen molar-refractivity contribution in [2.45, 2.75) is 6.92 Å². The third kappa shape index (κ3) is 3.78. The van der Waals surface area contributed by atoms with Crippen molar-refractivity contribution in [2.75, 3.05) is 5.32 Å². The second-order valence-electron chi connectivity index (χ2n) is 4.55. The fourth-order valence-electron chi connectivity index (χ4n) is 1.78. The maximum Gasteiger partial charge on any atom is 0.337 e. The summed E-state index contributed by atoms with van der Waals surface area (Å²) in [4.78, 5) is 48.4. The van der Waals surface area contributed by atoms with Crippen LogP contribution in [0.5, 0.6) is 0 Å². The normalized spacial score (nSPS) is 9.78. The molecule has 116 valence electrons. The Kier molecular flexibility index (Phi) is 4.49. The molecule has 0 aliphatic carbocycles. The summed E-state index contributed by atoms with van der Waals surface area (Å²) >= 11 is 0. The highest BCUT2D eigenvalue weighted by atomic mass is 16.4. The van der Waals surface area contributed by atoms with E-state index >= 15 is 0 Å². The Morgan fingerprint density at radius 1 is 1.26 bits per heavy atom. The van der Waals surface area contributed by atoms with Crippen molar-refractivity contribution < 1.29 is 18.8 Å². The number of aliphatic imine (C=N–C) groups is 1. The van der Waals surface area contributed by atoms with Gasteiger partial charge >= 0.3 is 5.63 Å². The molecule has 2 rings (SSSR count). The van der Waals surface area contributed by atoms with E-state index in [1.54, 1.807) is 19.1 Å². The van der Waals surface area contributed by atoms with Gasteiger partial charge in [-0.15, -0.1) is 0 Å². The Labute approximate surface area is 129 Å². The van der Waals surface area contributed by atoms with Crippen LogP contribution in [0, 0.1) is 6.92 Å². The number of carbonyl (C=O) groups is 2. The van der Waals surface area contributed by atoms with Gasteiger partial charge in [-0.3, -0.25) is 9.59 Å². The molecule has 0 fully saturated rings. The summed E-state index contributed by atoms with van der Waals surface area (Å²) in [5, 5.41) is 2.51. The minimum atomic E-state index is -0.873. The predicted molar refractivity (Wildman–Crippen MR) is 80.4 cm³/mol. The Balaban J connectivity index is 2.36. The standard InChI is InChI=1S/C15H11N3O5/c1-8-2-3-10(17-7-19)6-11(8)18-15(22)12-4-9(14(16)21)5-13(20)23-12/h2-6H,1H3,(H2,16,21)(H,18,22). The van der Waals surface area contributed by atoms with Crippen LogP contribution in [-0.2, 0) is 4.79 Å². The van der Waals surface area contributed by atoms with Crippen LogP contribution in [0.3, 0.4) is 0 Å². The number of rotatable bonds is 4. The molecule has 0 radical (unpaired) electrons. The molecule has 23 heavy (non-hydrogen) atoms. The van der Waals surface area contributed by atoms with E-state index in [1.807, 2.05) is 0 Å². The third-order valence-corrected chi connectivity index (χ3v) is 2.92. The SMILES string of the molecule is Cc1ccc(N=C=O)cc1NC(=O)c1cc(C(N)=O)cc(=O)o1. The van der Waals surface area contributed by atoms with Crippen molar-refractivity contribution in [3.8, 4) is 0 Å². The first-order valence-electron chi connectivity index (χ1n) is 6.35. The van der Waals surface area contributed by atoms with Crippen LogP contribution in [-0.4, -0.2) is 17.9 Å². The van der Waals surface area contributed by atoms with Gasteiger partial charge in [-0.2, -0.15) is 4.99 Å². The number of carbonyl (C=O) groups excluding carboxylic acids is 3. The number of nitrogens with one attached hydrogen (secondary N) is 1. The number of anilines is 1. The zero-order valence-corrected chi connectivity index (χ0v) is 12.0. The minimum Gasteiger partial charge on any atom is -0.417 e. The molecule has 8 nitrogen and oxygen atoms in total. The Hall–Kier alpha value is -3.51. The zero-order chi connectivity index (χ0) is 17.0. The quantitative estimate of drug-likeness (QED) is 0.648. The average molecular weight is 313 g/mol. The summed E-state index contributed by atoms with van der Waals surface area (Å²) in [6.07, 6.45) is 1.39. The number of hydrogen-bond acceptors (Lipinski definition) is 6. The number of isocyanates is 1. The van der Waals surface area contributed by atoms with Gasteiger partial charge in [-0.05, 0) is 30.7 Å². The van der Waals surface area contributed by atoms with Crippen LogP contribution >= 0.6 is 0 Å². The topological polar surface area (TPSA) is 132 Å². The molecule has 3 N–H and O–H groups in total. The van der Waals surface area contributed by atoms with Crippen molar-refractivity contribution >= 4 is 29.3 Å². The molecule has 2 amide bonds. The van der Waals surface area contributed by atoms with E-state index in [0.717, 1.165) is 12.1 Å². The summed E-state index contributed by atoms with van der Waals surface area (Å²) in [5.74, 6) is -1.97. The lowest BCUT2D eigenvalue weighted by Crippen LogP contribution is -2.19. The van der Waals surface area contributed by atoms with Gasteiger partial charge in [0.05, 0.1) is 11.3 Å². The van der Waals surface area contributed by atoms with Crippen molar-refractivity contribution in [3.63, 3.8) is 0 Å². The Bertz CT molecular complexity index is 894. The molecule has 0 atom stereocenters. The highest BCUT2D eigenvalue weighted by Crippen LogP contribution is 2.22. The van der Waals surface area contributed by atoms with Gasteiger partial charge in [0.1, 0.15) is 0 Å². The third-order valence-electron chi connectivity index (χ3n) is 2.92. The lowest BCUT2D eigenvalue weighted by molar-refractivity contribution is 0.0990. The molecule has 0 saturated heterocycles. The van der Waals surface area contributed by atoms with Gasteiger partial charge in [0, 0.05) is 11.8 Å². The van der Waals surface area contributed by atoms with Crippen LogP contribution in [0.25, 0.3) is 0 Å². The molecule has 2 aromatic rings. The first-order valence-corrected chi connectivity index (χ1v) is 6.35. The van der Waals surface area contributed by atoms with Crippen LogP contribution in [0.1, 0.15) is 26.5 Å². The lowest BCUT2D eigenvalue weighted by atomic mass is 10.1. The first kappa shape index (κ1) is 15.9. The van der Waals surface area contributed by atoms with Crippen LogP contribution in [0.15, 0.2) is 44.5 Å². The maximum atomic E-state index is 12.2. The molecule has 0 aliphatic rings. The van der Waals surface area contributed by atoms with Crippen molar-refractivity contribution in [1.82, 2.24) is 0 Å². The molecule has 0 unspecified atom stereocenters. The fraction of sp³-hybridized carbons (Fsp3) is 0.0667. The highest BCUT2D eigenvalue weighted by Gasteiger charge is 2.14. The first-order chi connectivity index (χ1) is 10.9. The monoisotopic (exact) mass is 313 g/mol. The Morgan fingerprint density at radius 3 is 2.65 bits per heavy atom. The molecular formula is C15H11N3O5. The van der Waals surface area contributed by atoms with Gasteiger partial charge < -0.3 is 15.5 Å². The molecule has 1 aromatic heterocycles. The number of nitrogens with zero attached hydrogens (tertiary/aromatic N) is 1. The van der Waals surface area contributed by atoms with Gasteiger partial charge in [-0.25, -0.2) is 9.59 Å². The van der Waals surface area contributed by atoms with Gasteiger partial charge in [-0.1, -0.05) is 6.07 Å². The molecule has 1 aromatic carbocycles. The van der Waals surface area contributed by atoms with E-state index in [9.17, 15) is 19.2 Å². The van der Waals surface area contributed by atoms with Crippen molar-refractivity contribution in [2.24, 2.45) is 10.7 Å². The van der Waals surface area contributed by atoms with E-state index < -0.39 is 17.4 Å². The van der Waals surface area contributed by atoms with E-state index in [-0.39, 0.29) is 11.3 Å². The number of benzene rings is 1. The smallest absolute Gasteiger partial charge is 0.337 e. The molecule has 0 bridgehead atoms. The minimum absolute atomic E-state index is 0.137. The molecule has 8 heteroatoms. The number of hydrogen-bond donors (Lipinski definition) is 2.